The Morgan fingerprint density at radius 3 is 2.58 bits per heavy atom. The highest BCUT2D eigenvalue weighted by Crippen LogP contribution is 2.36. The van der Waals surface area contributed by atoms with Crippen molar-refractivity contribution in [2.24, 2.45) is 5.73 Å². The first-order valence-electron chi connectivity index (χ1n) is 7.94. The number of esters is 1. The molecular weight excluding hydrogens is 336 g/mol. The molecule has 0 aliphatic heterocycles. The predicted octanol–water partition coefficient (Wildman–Crippen LogP) is 3.32. The highest BCUT2D eigenvalue weighted by atomic mass is 16.6. The molecule has 1 aromatic carbocycles. The van der Waals surface area contributed by atoms with Crippen molar-refractivity contribution in [3.8, 4) is 11.1 Å². The highest BCUT2D eigenvalue weighted by molar-refractivity contribution is 6.07. The number of amides is 1. The SMILES string of the molecule is CC(C)(C)c1cc(-c2ccc[nH]c2=O)cc2c(C(=O)OC(N)=O)coc12. The molecule has 2 heterocycles. The fourth-order valence-electron chi connectivity index (χ4n) is 2.80. The Labute approximate surface area is 148 Å². The number of furan rings is 1. The Hall–Kier alpha value is -3.35. The van der Waals surface area contributed by atoms with Gasteiger partial charge in [0.05, 0.1) is 0 Å². The lowest BCUT2D eigenvalue weighted by molar-refractivity contribution is 0.0639. The average molecular weight is 354 g/mol. The van der Waals surface area contributed by atoms with E-state index in [1.165, 1.54) is 6.26 Å². The third-order valence-electron chi connectivity index (χ3n) is 4.02. The number of benzene rings is 1. The summed E-state index contributed by atoms with van der Waals surface area (Å²) in [4.78, 5) is 37.9. The number of nitrogens with two attached hydrogens (primary N) is 1. The molecule has 0 saturated carbocycles. The fourth-order valence-corrected chi connectivity index (χ4v) is 2.80. The third-order valence-corrected chi connectivity index (χ3v) is 4.02. The average Bonchev–Trinajstić information content (AvgIpc) is 2.96. The number of fused-ring (bicyclic) bond motifs is 1. The minimum Gasteiger partial charge on any atom is -0.463 e. The van der Waals surface area contributed by atoms with Crippen molar-refractivity contribution in [1.29, 1.82) is 0 Å². The van der Waals surface area contributed by atoms with Gasteiger partial charge in [-0.3, -0.25) is 4.79 Å². The smallest absolute Gasteiger partial charge is 0.412 e. The van der Waals surface area contributed by atoms with Crippen molar-refractivity contribution in [2.45, 2.75) is 26.2 Å². The van der Waals surface area contributed by atoms with E-state index in [2.05, 4.69) is 9.72 Å². The van der Waals surface area contributed by atoms with Crippen molar-refractivity contribution in [1.82, 2.24) is 4.98 Å². The van der Waals surface area contributed by atoms with Gasteiger partial charge in [-0.15, -0.1) is 0 Å². The molecular formula is C19H18N2O5. The van der Waals surface area contributed by atoms with E-state index in [-0.39, 0.29) is 16.5 Å². The molecule has 3 N–H and O–H groups in total. The Bertz CT molecular complexity index is 1070. The summed E-state index contributed by atoms with van der Waals surface area (Å²) >= 11 is 0. The van der Waals surface area contributed by atoms with Crippen molar-refractivity contribution in [3.63, 3.8) is 0 Å². The molecule has 134 valence electrons. The van der Waals surface area contributed by atoms with E-state index in [1.807, 2.05) is 26.8 Å². The molecule has 1 amide bonds. The summed E-state index contributed by atoms with van der Waals surface area (Å²) in [7, 11) is 0. The van der Waals surface area contributed by atoms with E-state index in [4.69, 9.17) is 10.2 Å². The molecule has 0 unspecified atom stereocenters. The maximum atomic E-state index is 12.2. The van der Waals surface area contributed by atoms with E-state index in [9.17, 15) is 14.4 Å². The van der Waals surface area contributed by atoms with Crippen LogP contribution in [-0.4, -0.2) is 17.0 Å². The topological polar surface area (TPSA) is 115 Å². The molecule has 0 atom stereocenters. The second-order valence-corrected chi connectivity index (χ2v) is 6.92. The van der Waals surface area contributed by atoms with Crippen LogP contribution in [0.3, 0.4) is 0 Å². The summed E-state index contributed by atoms with van der Waals surface area (Å²) in [5.74, 6) is -0.907. The van der Waals surface area contributed by atoms with E-state index in [1.54, 1.807) is 24.4 Å². The molecule has 0 aliphatic rings. The maximum Gasteiger partial charge on any atom is 0.412 e. The number of primary amides is 1. The fraction of sp³-hybridized carbons (Fsp3) is 0.211. The van der Waals surface area contributed by atoms with Crippen LogP contribution in [0.25, 0.3) is 22.1 Å². The summed E-state index contributed by atoms with van der Waals surface area (Å²) in [6.45, 7) is 5.97. The summed E-state index contributed by atoms with van der Waals surface area (Å²) in [5, 5.41) is 0.446. The van der Waals surface area contributed by atoms with Crippen LogP contribution in [0.15, 0.2) is 45.9 Å². The van der Waals surface area contributed by atoms with Gasteiger partial charge >= 0.3 is 12.1 Å². The molecule has 0 spiro atoms. The Morgan fingerprint density at radius 2 is 1.96 bits per heavy atom. The standard InChI is InChI=1S/C19H18N2O5/c1-19(2,3)14-8-10(11-5-4-6-21-16(11)22)7-12-13(9-25-15(12)14)17(23)26-18(20)24/h4-9H,1-3H3,(H2,20,24)(H,21,22). The third kappa shape index (κ3) is 3.11. The quantitative estimate of drug-likeness (QED) is 0.541. The number of hydrogen-bond acceptors (Lipinski definition) is 5. The summed E-state index contributed by atoms with van der Waals surface area (Å²) < 4.78 is 10.1. The van der Waals surface area contributed by atoms with Gasteiger partial charge in [-0.1, -0.05) is 20.8 Å². The monoisotopic (exact) mass is 354 g/mol. The lowest BCUT2D eigenvalue weighted by Crippen LogP contribution is -2.18. The summed E-state index contributed by atoms with van der Waals surface area (Å²) in [6.07, 6.45) is 1.57. The number of carbonyl (C=O) groups excluding carboxylic acids is 2. The van der Waals surface area contributed by atoms with Crippen molar-refractivity contribution in [3.05, 3.63) is 58.2 Å². The van der Waals surface area contributed by atoms with Gasteiger partial charge in [-0.2, -0.15) is 0 Å². The summed E-state index contributed by atoms with van der Waals surface area (Å²) in [5.41, 5.74) is 6.80. The number of hydrogen-bond donors (Lipinski definition) is 2. The van der Waals surface area contributed by atoms with Crippen LogP contribution >= 0.6 is 0 Å². The zero-order chi connectivity index (χ0) is 19.1. The van der Waals surface area contributed by atoms with Crippen LogP contribution in [0.4, 0.5) is 4.79 Å². The number of H-pyrrole nitrogens is 1. The van der Waals surface area contributed by atoms with Crippen LogP contribution in [0, 0.1) is 0 Å². The van der Waals surface area contributed by atoms with Gasteiger partial charge in [-0.05, 0) is 35.2 Å². The number of pyridine rings is 1. The Balaban J connectivity index is 2.31. The molecule has 0 aliphatic carbocycles. The van der Waals surface area contributed by atoms with Crippen molar-refractivity contribution in [2.75, 3.05) is 0 Å². The van der Waals surface area contributed by atoms with Crippen molar-refractivity contribution >= 4 is 23.0 Å². The summed E-state index contributed by atoms with van der Waals surface area (Å²) in [6, 6.07) is 6.93. The first-order chi connectivity index (χ1) is 12.2. The van der Waals surface area contributed by atoms with E-state index in [0.29, 0.717) is 22.1 Å². The minimum absolute atomic E-state index is 0.0681. The first-order valence-corrected chi connectivity index (χ1v) is 7.94. The molecule has 2 aromatic heterocycles. The van der Waals surface area contributed by atoms with E-state index in [0.717, 1.165) is 5.56 Å². The predicted molar refractivity (Wildman–Crippen MR) is 96.0 cm³/mol. The second-order valence-electron chi connectivity index (χ2n) is 6.92. The van der Waals surface area contributed by atoms with Crippen LogP contribution in [0.5, 0.6) is 0 Å². The number of aromatic nitrogens is 1. The zero-order valence-corrected chi connectivity index (χ0v) is 14.6. The van der Waals surface area contributed by atoms with Gasteiger partial charge in [0.1, 0.15) is 17.4 Å². The molecule has 26 heavy (non-hydrogen) atoms. The minimum atomic E-state index is -1.20. The first kappa shape index (κ1) is 17.5. The second kappa shape index (κ2) is 6.18. The normalized spacial score (nSPS) is 11.5. The van der Waals surface area contributed by atoms with Gasteiger partial charge in [0.2, 0.25) is 0 Å². The Morgan fingerprint density at radius 1 is 1.23 bits per heavy atom. The van der Waals surface area contributed by atoms with E-state index < -0.39 is 12.1 Å². The maximum absolute atomic E-state index is 12.2. The lowest BCUT2D eigenvalue weighted by atomic mass is 9.84. The molecule has 0 saturated heterocycles. The number of aromatic amines is 1. The lowest BCUT2D eigenvalue weighted by Gasteiger charge is -2.20. The van der Waals surface area contributed by atoms with Gasteiger partial charge < -0.3 is 19.9 Å². The number of ether oxygens (including phenoxy) is 1. The van der Waals surface area contributed by atoms with Crippen molar-refractivity contribution < 1.29 is 18.7 Å². The molecule has 0 radical (unpaired) electrons. The molecule has 0 bridgehead atoms. The van der Waals surface area contributed by atoms with Gasteiger partial charge in [0, 0.05) is 22.7 Å². The Kier molecular flexibility index (Phi) is 4.15. The molecule has 7 nitrogen and oxygen atoms in total. The van der Waals surface area contributed by atoms with E-state index >= 15 is 0 Å². The molecule has 3 aromatic rings. The molecule has 3 rings (SSSR count). The van der Waals surface area contributed by atoms with Crippen LogP contribution in [0.2, 0.25) is 0 Å². The number of rotatable bonds is 2. The number of nitrogens with one attached hydrogen (secondary N) is 1. The molecule has 0 fully saturated rings. The van der Waals surface area contributed by atoms with Gasteiger partial charge in [-0.25, -0.2) is 9.59 Å². The van der Waals surface area contributed by atoms with Crippen LogP contribution in [-0.2, 0) is 10.2 Å². The van der Waals surface area contributed by atoms with Gasteiger partial charge in [0.25, 0.3) is 5.56 Å². The largest absolute Gasteiger partial charge is 0.463 e. The van der Waals surface area contributed by atoms with Gasteiger partial charge in [0.15, 0.2) is 0 Å². The van der Waals surface area contributed by atoms with Crippen LogP contribution in [0.1, 0.15) is 36.7 Å². The zero-order valence-electron chi connectivity index (χ0n) is 14.6. The van der Waals surface area contributed by atoms with Crippen LogP contribution < -0.4 is 11.3 Å². The molecule has 7 heteroatoms. The number of carbonyl (C=O) groups is 2. The highest BCUT2D eigenvalue weighted by Gasteiger charge is 2.25.